The second-order valence-electron chi connectivity index (χ2n) is 6.68. The molecule has 1 fully saturated rings. The van der Waals surface area contributed by atoms with Gasteiger partial charge in [0.05, 0.1) is 19.8 Å². The zero-order valence-corrected chi connectivity index (χ0v) is 15.3. The van der Waals surface area contributed by atoms with Crippen LogP contribution in [0.5, 0.6) is 5.75 Å². The monoisotopic (exact) mass is 368 g/mol. The van der Waals surface area contributed by atoms with E-state index >= 15 is 0 Å². The second kappa shape index (κ2) is 7.90. The van der Waals surface area contributed by atoms with Crippen molar-refractivity contribution in [2.45, 2.75) is 24.5 Å². The minimum Gasteiger partial charge on any atom is -0.497 e. The minimum absolute atomic E-state index is 0.133. The van der Waals surface area contributed by atoms with Gasteiger partial charge in [-0.2, -0.15) is 0 Å². The molecule has 27 heavy (non-hydrogen) atoms. The molecule has 0 aliphatic carbocycles. The lowest BCUT2D eigenvalue weighted by Crippen LogP contribution is -2.60. The lowest BCUT2D eigenvalue weighted by Gasteiger charge is -2.48. The van der Waals surface area contributed by atoms with E-state index in [1.54, 1.807) is 31.4 Å². The average Bonchev–Trinajstić information content (AvgIpc) is 2.73. The molecule has 2 aromatic rings. The molecule has 2 aromatic carbocycles. The van der Waals surface area contributed by atoms with Gasteiger partial charge in [-0.15, -0.1) is 0 Å². The van der Waals surface area contributed by atoms with Gasteiger partial charge in [-0.1, -0.05) is 30.3 Å². The fourth-order valence-electron chi connectivity index (χ4n) is 3.79. The van der Waals surface area contributed by atoms with E-state index in [0.717, 1.165) is 0 Å². The molecule has 0 radical (unpaired) electrons. The number of carbonyl (C=O) groups excluding carboxylic acids is 2. The van der Waals surface area contributed by atoms with Crippen LogP contribution in [0.25, 0.3) is 0 Å². The van der Waals surface area contributed by atoms with Gasteiger partial charge in [0.25, 0.3) is 0 Å². The number of aliphatic hydroxyl groups is 1. The van der Waals surface area contributed by atoms with Gasteiger partial charge in [-0.3, -0.25) is 9.59 Å². The van der Waals surface area contributed by atoms with Gasteiger partial charge < -0.3 is 20.5 Å². The highest BCUT2D eigenvalue weighted by Gasteiger charge is 2.51. The molecule has 1 aliphatic heterocycles. The maximum absolute atomic E-state index is 13.7. The number of likely N-dealkylation sites (tertiary alicyclic amines) is 1. The number of hydrogen-bond acceptors (Lipinski definition) is 5. The number of amides is 1. The van der Waals surface area contributed by atoms with Crippen LogP contribution in [0.15, 0.2) is 54.6 Å². The molecule has 0 bridgehead atoms. The lowest BCUT2D eigenvalue weighted by atomic mass is 9.74. The molecule has 6 heteroatoms. The highest BCUT2D eigenvalue weighted by Crippen LogP contribution is 2.41. The topological polar surface area (TPSA) is 92.9 Å². The SMILES string of the molecule is COc1ccc(C(=O)C2(c3ccccc3)CC(O)CCN2C(=O)CN)cc1. The van der Waals surface area contributed by atoms with E-state index in [1.807, 2.05) is 30.3 Å². The third kappa shape index (κ3) is 3.46. The summed E-state index contributed by atoms with van der Waals surface area (Å²) in [5, 5.41) is 10.4. The fourth-order valence-corrected chi connectivity index (χ4v) is 3.79. The third-order valence-corrected chi connectivity index (χ3v) is 5.13. The summed E-state index contributed by atoms with van der Waals surface area (Å²) in [4.78, 5) is 27.9. The molecule has 1 amide bonds. The van der Waals surface area contributed by atoms with Gasteiger partial charge in [0.2, 0.25) is 5.91 Å². The average molecular weight is 368 g/mol. The summed E-state index contributed by atoms with van der Waals surface area (Å²) in [6.45, 7) is 0.0779. The van der Waals surface area contributed by atoms with Crippen molar-refractivity contribution in [3.8, 4) is 5.75 Å². The van der Waals surface area contributed by atoms with Gasteiger partial charge in [-0.25, -0.2) is 0 Å². The summed E-state index contributed by atoms with van der Waals surface area (Å²) in [6, 6.07) is 15.9. The summed E-state index contributed by atoms with van der Waals surface area (Å²) in [6.07, 6.45) is -0.140. The van der Waals surface area contributed by atoms with Crippen molar-refractivity contribution in [1.29, 1.82) is 0 Å². The quantitative estimate of drug-likeness (QED) is 0.784. The first-order valence-electron chi connectivity index (χ1n) is 8.96. The van der Waals surface area contributed by atoms with E-state index in [2.05, 4.69) is 0 Å². The second-order valence-corrected chi connectivity index (χ2v) is 6.68. The lowest BCUT2D eigenvalue weighted by molar-refractivity contribution is -0.139. The first kappa shape index (κ1) is 19.1. The van der Waals surface area contributed by atoms with Crippen LogP contribution in [0.4, 0.5) is 0 Å². The summed E-state index contributed by atoms with van der Waals surface area (Å²) in [5.41, 5.74) is 5.46. The summed E-state index contributed by atoms with van der Waals surface area (Å²) in [7, 11) is 1.56. The van der Waals surface area contributed by atoms with E-state index in [1.165, 1.54) is 4.90 Å². The molecule has 142 valence electrons. The molecule has 0 spiro atoms. The maximum atomic E-state index is 13.7. The van der Waals surface area contributed by atoms with Crippen LogP contribution in [0, 0.1) is 0 Å². The van der Waals surface area contributed by atoms with Crippen LogP contribution in [0.3, 0.4) is 0 Å². The highest BCUT2D eigenvalue weighted by molar-refractivity contribution is 6.06. The Balaban J connectivity index is 2.16. The van der Waals surface area contributed by atoms with Gasteiger partial charge >= 0.3 is 0 Å². The van der Waals surface area contributed by atoms with Gasteiger partial charge in [0, 0.05) is 18.5 Å². The Hall–Kier alpha value is -2.70. The zero-order valence-electron chi connectivity index (χ0n) is 15.3. The Morgan fingerprint density at radius 3 is 2.44 bits per heavy atom. The number of hydrogen-bond donors (Lipinski definition) is 2. The molecule has 3 rings (SSSR count). The molecule has 3 N–H and O–H groups in total. The number of piperidine rings is 1. The highest BCUT2D eigenvalue weighted by atomic mass is 16.5. The van der Waals surface area contributed by atoms with Gasteiger partial charge in [0.15, 0.2) is 5.78 Å². The number of ether oxygens (including phenoxy) is 1. The van der Waals surface area contributed by atoms with Crippen LogP contribution in [0.1, 0.15) is 28.8 Å². The van der Waals surface area contributed by atoms with E-state index in [-0.39, 0.29) is 31.2 Å². The largest absolute Gasteiger partial charge is 0.497 e. The molecule has 0 aromatic heterocycles. The Morgan fingerprint density at radius 2 is 1.85 bits per heavy atom. The van der Waals surface area contributed by atoms with Crippen LogP contribution in [-0.4, -0.2) is 48.0 Å². The number of nitrogens with two attached hydrogens (primary N) is 1. The van der Waals surface area contributed by atoms with E-state index in [0.29, 0.717) is 23.3 Å². The van der Waals surface area contributed by atoms with Crippen molar-refractivity contribution in [1.82, 2.24) is 4.90 Å². The van der Waals surface area contributed by atoms with Crippen LogP contribution < -0.4 is 10.5 Å². The number of benzene rings is 2. The standard InChI is InChI=1S/C21H24N2O4/c1-27-18-9-7-15(8-10-18)20(26)21(16-5-3-2-4-6-16)13-17(24)11-12-23(21)19(25)14-22/h2-10,17,24H,11-14,22H2,1H3. The van der Waals surface area contributed by atoms with Crippen molar-refractivity contribution in [2.75, 3.05) is 20.2 Å². The number of carbonyl (C=O) groups is 2. The summed E-state index contributed by atoms with van der Waals surface area (Å²) < 4.78 is 5.17. The minimum atomic E-state index is -1.29. The summed E-state index contributed by atoms with van der Waals surface area (Å²) in [5.74, 6) is 0.0865. The zero-order chi connectivity index (χ0) is 19.4. The molecule has 1 aliphatic rings. The van der Waals surface area contributed by atoms with Gasteiger partial charge in [-0.05, 0) is 36.2 Å². The first-order valence-corrected chi connectivity index (χ1v) is 8.96. The molecule has 6 nitrogen and oxygen atoms in total. The van der Waals surface area contributed by atoms with Crippen molar-refractivity contribution >= 4 is 11.7 Å². The molecule has 2 unspecified atom stereocenters. The van der Waals surface area contributed by atoms with Crippen LogP contribution in [-0.2, 0) is 10.3 Å². The number of ketones is 1. The maximum Gasteiger partial charge on any atom is 0.237 e. The molecular weight excluding hydrogens is 344 g/mol. The first-order chi connectivity index (χ1) is 13.0. The predicted molar refractivity (Wildman–Crippen MR) is 101 cm³/mol. The Kier molecular flexibility index (Phi) is 5.58. The van der Waals surface area contributed by atoms with E-state index < -0.39 is 11.6 Å². The molecule has 0 saturated carbocycles. The fraction of sp³-hybridized carbons (Fsp3) is 0.333. The normalized spacial score (nSPS) is 22.3. The molecule has 1 heterocycles. The van der Waals surface area contributed by atoms with E-state index in [4.69, 9.17) is 10.5 Å². The Morgan fingerprint density at radius 1 is 1.19 bits per heavy atom. The van der Waals surface area contributed by atoms with E-state index in [9.17, 15) is 14.7 Å². The van der Waals surface area contributed by atoms with Crippen molar-refractivity contribution < 1.29 is 19.4 Å². The third-order valence-electron chi connectivity index (χ3n) is 5.13. The van der Waals surface area contributed by atoms with Crippen LogP contribution in [0.2, 0.25) is 0 Å². The van der Waals surface area contributed by atoms with Crippen molar-refractivity contribution in [3.63, 3.8) is 0 Å². The summed E-state index contributed by atoms with van der Waals surface area (Å²) >= 11 is 0. The number of methoxy groups -OCH3 is 1. The van der Waals surface area contributed by atoms with Crippen LogP contribution >= 0.6 is 0 Å². The van der Waals surface area contributed by atoms with Crippen molar-refractivity contribution in [3.05, 3.63) is 65.7 Å². The number of rotatable bonds is 5. The molecular formula is C21H24N2O4. The molecule has 2 atom stereocenters. The number of nitrogens with zero attached hydrogens (tertiary/aromatic N) is 1. The molecule has 1 saturated heterocycles. The number of Topliss-reactive ketones (excluding diaryl/α,β-unsaturated/α-hetero) is 1. The van der Waals surface area contributed by atoms with Gasteiger partial charge in [0.1, 0.15) is 11.3 Å². The number of aliphatic hydroxyl groups excluding tert-OH is 1. The predicted octanol–water partition coefficient (Wildman–Crippen LogP) is 1.72. The van der Waals surface area contributed by atoms with Crippen molar-refractivity contribution in [2.24, 2.45) is 5.73 Å². The Labute approximate surface area is 158 Å². The Bertz CT molecular complexity index is 807. The smallest absolute Gasteiger partial charge is 0.237 e.